The van der Waals surface area contributed by atoms with Crippen molar-refractivity contribution in [1.29, 1.82) is 0 Å². The Morgan fingerprint density at radius 2 is 1.91 bits per heavy atom. The van der Waals surface area contributed by atoms with Crippen molar-refractivity contribution >= 4 is 46.7 Å². The highest BCUT2D eigenvalue weighted by Crippen LogP contribution is 2.22. The van der Waals surface area contributed by atoms with Crippen molar-refractivity contribution in [2.45, 2.75) is 12.5 Å². The van der Waals surface area contributed by atoms with E-state index in [1.165, 1.54) is 11.8 Å². The van der Waals surface area contributed by atoms with Crippen LogP contribution in [0, 0.1) is 21.7 Å². The number of Topliss-reactive ketones (excluding diaryl/α,β-unsaturated/α-hetero) is 1. The number of ether oxygens (including phenoxy) is 1. The smallest absolute Gasteiger partial charge is 0.329 e. The van der Waals surface area contributed by atoms with E-state index >= 15 is 0 Å². The lowest BCUT2D eigenvalue weighted by Gasteiger charge is -2.17. The predicted octanol–water partition coefficient (Wildman–Crippen LogP) is 3.80. The number of rotatable bonds is 10. The normalized spacial score (nSPS) is 11.5. The number of non-ortho nitro benzene ring substituents is 1. The number of nitrogens with one attached hydrogen (secondary N) is 1. The maximum atomic E-state index is 13.3. The number of esters is 1. The Labute approximate surface area is 190 Å². The van der Waals surface area contributed by atoms with E-state index in [0.717, 1.165) is 30.3 Å². The molecule has 0 spiro atoms. The fraction of sp³-hybridized carbons (Fsp3) is 0.250. The van der Waals surface area contributed by atoms with E-state index in [0.29, 0.717) is 11.8 Å². The molecule has 2 aromatic carbocycles. The van der Waals surface area contributed by atoms with Crippen LogP contribution < -0.4 is 5.32 Å². The molecule has 2 rings (SSSR count). The molecule has 1 atom stereocenters. The van der Waals surface area contributed by atoms with Crippen LogP contribution in [0.3, 0.4) is 0 Å². The van der Waals surface area contributed by atoms with Gasteiger partial charge in [-0.2, -0.15) is 11.8 Å². The first-order valence-electron chi connectivity index (χ1n) is 9.02. The minimum Gasteiger partial charge on any atom is -0.456 e. The molecule has 0 heterocycles. The molecule has 32 heavy (non-hydrogen) atoms. The lowest BCUT2D eigenvalue weighted by molar-refractivity contribution is -0.384. The quantitative estimate of drug-likeness (QED) is 0.235. The first kappa shape index (κ1) is 25.2. The van der Waals surface area contributed by atoms with Crippen LogP contribution in [0.25, 0.3) is 0 Å². The monoisotopic (exact) mass is 486 g/mol. The summed E-state index contributed by atoms with van der Waals surface area (Å²) in [7, 11) is 0. The summed E-state index contributed by atoms with van der Waals surface area (Å²) in [6.07, 6.45) is 1.94. The minimum atomic E-state index is -1.22. The van der Waals surface area contributed by atoms with Crippen molar-refractivity contribution in [2.75, 3.05) is 18.6 Å². The lowest BCUT2D eigenvalue weighted by atomic mass is 10.1. The number of thioether (sulfide) groups is 1. The van der Waals surface area contributed by atoms with E-state index < -0.39 is 46.9 Å². The first-order valence-corrected chi connectivity index (χ1v) is 10.8. The third kappa shape index (κ3) is 6.72. The van der Waals surface area contributed by atoms with Gasteiger partial charge < -0.3 is 10.1 Å². The molecule has 12 heteroatoms. The number of nitro benzene ring substituents is 1. The highest BCUT2D eigenvalue weighted by molar-refractivity contribution is 7.98. The number of carbonyl (C=O) groups is 3. The molecule has 1 amide bonds. The number of nitro groups is 1. The zero-order valence-electron chi connectivity index (χ0n) is 16.6. The van der Waals surface area contributed by atoms with Crippen molar-refractivity contribution < 1.29 is 32.8 Å². The van der Waals surface area contributed by atoms with Crippen LogP contribution in [0.1, 0.15) is 27.1 Å². The predicted molar refractivity (Wildman–Crippen MR) is 114 cm³/mol. The molecule has 0 radical (unpaired) electrons. The first-order chi connectivity index (χ1) is 15.1. The number of halogens is 3. The summed E-state index contributed by atoms with van der Waals surface area (Å²) in [6, 6.07) is 4.63. The summed E-state index contributed by atoms with van der Waals surface area (Å²) in [4.78, 5) is 47.2. The maximum Gasteiger partial charge on any atom is 0.329 e. The average Bonchev–Trinajstić information content (AvgIpc) is 2.76. The molecule has 1 N–H and O–H groups in total. The maximum absolute atomic E-state index is 13.3. The van der Waals surface area contributed by atoms with Crippen LogP contribution >= 0.6 is 23.4 Å². The van der Waals surface area contributed by atoms with E-state index in [9.17, 15) is 33.3 Å². The van der Waals surface area contributed by atoms with Crippen molar-refractivity contribution in [3.8, 4) is 0 Å². The van der Waals surface area contributed by atoms with Gasteiger partial charge in [-0.15, -0.1) is 0 Å². The summed E-state index contributed by atoms with van der Waals surface area (Å²) in [5.74, 6) is -4.31. The molecule has 2 aromatic rings. The highest BCUT2D eigenvalue weighted by atomic mass is 35.5. The van der Waals surface area contributed by atoms with Gasteiger partial charge in [0.25, 0.3) is 11.6 Å². The number of hydrogen-bond donors (Lipinski definition) is 1. The largest absolute Gasteiger partial charge is 0.456 e. The number of nitrogens with zero attached hydrogens (tertiary/aromatic N) is 1. The third-order valence-corrected chi connectivity index (χ3v) is 5.15. The number of benzene rings is 2. The highest BCUT2D eigenvalue weighted by Gasteiger charge is 2.25. The van der Waals surface area contributed by atoms with Gasteiger partial charge in [0, 0.05) is 17.7 Å². The zero-order valence-corrected chi connectivity index (χ0v) is 18.2. The Morgan fingerprint density at radius 3 is 2.50 bits per heavy atom. The van der Waals surface area contributed by atoms with Gasteiger partial charge in [0.1, 0.15) is 6.04 Å². The summed E-state index contributed by atoms with van der Waals surface area (Å²) >= 11 is 7.34. The molecule has 0 saturated heterocycles. The molecule has 0 aliphatic rings. The standard InChI is InChI=1S/C20H17ClF2N2O6S/c1-32-7-6-17(24-19(27)13-4-3-12(25(29)30)9-14(13)21)20(28)31-10-18(26)11-2-5-15(22)16(23)8-11/h2-5,8-9,17H,6-7,10H2,1H3,(H,24,27). The fourth-order valence-corrected chi connectivity index (χ4v) is 3.24. The lowest BCUT2D eigenvalue weighted by Crippen LogP contribution is -2.42. The van der Waals surface area contributed by atoms with Gasteiger partial charge in [-0.25, -0.2) is 13.6 Å². The van der Waals surface area contributed by atoms with E-state index in [4.69, 9.17) is 16.3 Å². The summed E-state index contributed by atoms with van der Waals surface area (Å²) in [5.41, 5.74) is -0.572. The van der Waals surface area contributed by atoms with Gasteiger partial charge in [-0.3, -0.25) is 19.7 Å². The second-order valence-electron chi connectivity index (χ2n) is 6.39. The van der Waals surface area contributed by atoms with Crippen LogP contribution in [0.5, 0.6) is 0 Å². The van der Waals surface area contributed by atoms with E-state index in [1.54, 1.807) is 6.26 Å². The molecule has 1 unspecified atom stereocenters. The molecule has 0 aromatic heterocycles. The van der Waals surface area contributed by atoms with E-state index in [-0.39, 0.29) is 28.3 Å². The number of ketones is 1. The Balaban J connectivity index is 2.07. The topological polar surface area (TPSA) is 116 Å². The molecule has 0 saturated carbocycles. The zero-order chi connectivity index (χ0) is 23.8. The molecule has 0 bridgehead atoms. The average molecular weight is 487 g/mol. The molecule has 8 nitrogen and oxygen atoms in total. The van der Waals surface area contributed by atoms with Crippen molar-refractivity contribution in [1.82, 2.24) is 5.32 Å². The number of carbonyl (C=O) groups excluding carboxylic acids is 3. The minimum absolute atomic E-state index is 0.0860. The van der Waals surface area contributed by atoms with Crippen LogP contribution in [-0.2, 0) is 9.53 Å². The SMILES string of the molecule is CSCCC(NC(=O)c1ccc([N+](=O)[O-])cc1Cl)C(=O)OCC(=O)c1ccc(F)c(F)c1. The van der Waals surface area contributed by atoms with Gasteiger partial charge in [-0.1, -0.05) is 11.6 Å². The Hall–Kier alpha value is -3.05. The summed E-state index contributed by atoms with van der Waals surface area (Å²) < 4.78 is 31.2. The molecule has 170 valence electrons. The van der Waals surface area contributed by atoms with Crippen LogP contribution in [0.4, 0.5) is 14.5 Å². The molecule has 0 fully saturated rings. The molecule has 0 aliphatic carbocycles. The van der Waals surface area contributed by atoms with Gasteiger partial charge in [-0.05, 0) is 42.7 Å². The number of amides is 1. The third-order valence-electron chi connectivity index (χ3n) is 4.20. The van der Waals surface area contributed by atoms with Crippen LogP contribution in [-0.4, -0.2) is 47.2 Å². The molecular formula is C20H17ClF2N2O6S. The van der Waals surface area contributed by atoms with Gasteiger partial charge in [0.2, 0.25) is 0 Å². The summed E-state index contributed by atoms with van der Waals surface area (Å²) in [5, 5.41) is 13.1. The molecular weight excluding hydrogens is 470 g/mol. The van der Waals surface area contributed by atoms with Gasteiger partial charge in [0.15, 0.2) is 24.0 Å². The Kier molecular flexibility index (Phi) is 9.09. The summed E-state index contributed by atoms with van der Waals surface area (Å²) in [6.45, 7) is -0.742. The van der Waals surface area contributed by atoms with Gasteiger partial charge in [0.05, 0.1) is 15.5 Å². The Bertz CT molecular complexity index is 1050. The molecule has 0 aliphatic heterocycles. The second-order valence-corrected chi connectivity index (χ2v) is 7.78. The number of hydrogen-bond acceptors (Lipinski definition) is 7. The van der Waals surface area contributed by atoms with E-state index in [2.05, 4.69) is 5.32 Å². The van der Waals surface area contributed by atoms with Gasteiger partial charge >= 0.3 is 5.97 Å². The van der Waals surface area contributed by atoms with Crippen molar-refractivity contribution in [2.24, 2.45) is 0 Å². The second kappa shape index (κ2) is 11.5. The van der Waals surface area contributed by atoms with E-state index in [1.807, 2.05) is 0 Å². The van der Waals surface area contributed by atoms with Crippen molar-refractivity contribution in [3.05, 3.63) is 74.3 Å². The van der Waals surface area contributed by atoms with Crippen LogP contribution in [0.15, 0.2) is 36.4 Å². The van der Waals surface area contributed by atoms with Crippen molar-refractivity contribution in [3.63, 3.8) is 0 Å². The van der Waals surface area contributed by atoms with Crippen LogP contribution in [0.2, 0.25) is 5.02 Å². The Morgan fingerprint density at radius 1 is 1.19 bits per heavy atom. The fourth-order valence-electron chi connectivity index (χ4n) is 2.51.